The molecule has 4 rings (SSSR count). The predicted octanol–water partition coefficient (Wildman–Crippen LogP) is 4.61. The van der Waals surface area contributed by atoms with Crippen molar-refractivity contribution in [2.24, 2.45) is 11.8 Å². The lowest BCUT2D eigenvalue weighted by Gasteiger charge is -2.24. The molecule has 1 heterocycles. The Morgan fingerprint density at radius 3 is 2.45 bits per heavy atom. The molecule has 2 N–H and O–H groups in total. The molecular weight excluding hydrogens is 481 g/mol. The fourth-order valence-corrected chi connectivity index (χ4v) is 6.99. The normalized spacial score (nSPS) is 27.2. The molecule has 2 atom stereocenters. The maximum atomic E-state index is 13.7. The van der Waals surface area contributed by atoms with Crippen LogP contribution in [0.15, 0.2) is 30.5 Å². The summed E-state index contributed by atoms with van der Waals surface area (Å²) in [6, 6.07) is 5.07. The third-order valence-corrected chi connectivity index (χ3v) is 8.00. The van der Waals surface area contributed by atoms with Crippen LogP contribution in [0.1, 0.15) is 54.2 Å². The minimum absolute atomic E-state index is 0.0449. The van der Waals surface area contributed by atoms with Gasteiger partial charge in [-0.05, 0) is 73.3 Å². The number of nitrogens with zero attached hydrogens (tertiary/aromatic N) is 1. The zero-order valence-electron chi connectivity index (χ0n) is 17.8. The standard InChI is InChI=1S/C22H24ClF3N2O4S/c1-33(31,32)11-22(30)9-13-6-12(7-14(13)10-22)16-4-5-28(21(25)26)19(16)20(29)27-15-2-3-18(24)17(23)8-15/h2-5,8,12-14,21,30H,6-7,9-11H2,1H3,(H,27,29). The first-order valence-electron chi connectivity index (χ1n) is 10.5. The van der Waals surface area contributed by atoms with Crippen LogP contribution in [0.25, 0.3) is 0 Å². The number of hydrogen-bond acceptors (Lipinski definition) is 4. The number of carbonyl (C=O) groups is 1. The smallest absolute Gasteiger partial charge is 0.319 e. The summed E-state index contributed by atoms with van der Waals surface area (Å²) in [7, 11) is -3.34. The van der Waals surface area contributed by atoms with Gasteiger partial charge >= 0.3 is 6.55 Å². The summed E-state index contributed by atoms with van der Waals surface area (Å²) in [4.78, 5) is 13.0. The summed E-state index contributed by atoms with van der Waals surface area (Å²) in [5, 5.41) is 13.0. The Balaban J connectivity index is 1.55. The Morgan fingerprint density at radius 1 is 1.27 bits per heavy atom. The zero-order valence-corrected chi connectivity index (χ0v) is 19.3. The zero-order chi connectivity index (χ0) is 24.1. The third kappa shape index (κ3) is 5.07. The largest absolute Gasteiger partial charge is 0.389 e. The van der Waals surface area contributed by atoms with Gasteiger partial charge in [-0.3, -0.25) is 9.36 Å². The van der Waals surface area contributed by atoms with Crippen LogP contribution < -0.4 is 5.32 Å². The molecule has 2 aliphatic rings. The van der Waals surface area contributed by atoms with Crippen molar-refractivity contribution >= 4 is 33.0 Å². The molecule has 180 valence electrons. The molecule has 2 unspecified atom stereocenters. The predicted molar refractivity (Wildman–Crippen MR) is 118 cm³/mol. The number of hydrogen-bond donors (Lipinski definition) is 2. The van der Waals surface area contributed by atoms with E-state index < -0.39 is 33.7 Å². The lowest BCUT2D eigenvalue weighted by molar-refractivity contribution is 0.0612. The van der Waals surface area contributed by atoms with Gasteiger partial charge in [-0.2, -0.15) is 8.78 Å². The fraction of sp³-hybridized carbons (Fsp3) is 0.500. The summed E-state index contributed by atoms with van der Waals surface area (Å²) in [5.41, 5.74) is -0.803. The van der Waals surface area contributed by atoms with E-state index >= 15 is 0 Å². The van der Waals surface area contributed by atoms with Gasteiger partial charge in [0.15, 0.2) is 0 Å². The second-order valence-corrected chi connectivity index (χ2v) is 11.8. The number of rotatable bonds is 6. The highest BCUT2D eigenvalue weighted by Gasteiger charge is 2.50. The van der Waals surface area contributed by atoms with Crippen LogP contribution in [0.3, 0.4) is 0 Å². The van der Waals surface area contributed by atoms with Crippen LogP contribution in [0.4, 0.5) is 18.9 Å². The van der Waals surface area contributed by atoms with Gasteiger partial charge in [0.1, 0.15) is 21.3 Å². The van der Waals surface area contributed by atoms with Crippen molar-refractivity contribution in [2.75, 3.05) is 17.3 Å². The molecule has 0 bridgehead atoms. The Hall–Kier alpha value is -2.04. The van der Waals surface area contributed by atoms with Crippen LogP contribution in [-0.2, 0) is 9.84 Å². The second-order valence-electron chi connectivity index (χ2n) is 9.28. The summed E-state index contributed by atoms with van der Waals surface area (Å²) in [6.07, 6.45) is 4.03. The van der Waals surface area contributed by atoms with Gasteiger partial charge in [-0.25, -0.2) is 12.8 Å². The van der Waals surface area contributed by atoms with Crippen LogP contribution in [0.2, 0.25) is 5.02 Å². The lowest BCUT2D eigenvalue weighted by atomic mass is 9.91. The number of halogens is 4. The molecule has 11 heteroatoms. The molecule has 2 aliphatic carbocycles. The third-order valence-electron chi connectivity index (χ3n) is 6.65. The van der Waals surface area contributed by atoms with Crippen molar-refractivity contribution < 1.29 is 31.5 Å². The van der Waals surface area contributed by atoms with Crippen molar-refractivity contribution in [3.8, 4) is 0 Å². The number of sulfone groups is 1. The average Bonchev–Trinajstić information content (AvgIpc) is 3.33. The molecule has 6 nitrogen and oxygen atoms in total. The minimum Gasteiger partial charge on any atom is -0.389 e. The van der Waals surface area contributed by atoms with Gasteiger partial charge in [0.2, 0.25) is 0 Å². The first kappa shape index (κ1) is 24.1. The van der Waals surface area contributed by atoms with Gasteiger partial charge in [0.25, 0.3) is 5.91 Å². The van der Waals surface area contributed by atoms with Crippen LogP contribution in [0, 0.1) is 17.7 Å². The molecule has 0 radical (unpaired) electrons. The molecule has 0 aliphatic heterocycles. The van der Waals surface area contributed by atoms with Gasteiger partial charge in [-0.15, -0.1) is 0 Å². The number of amides is 1. The SMILES string of the molecule is CS(=O)(=O)CC1(O)CC2CC(c3ccn(C(F)F)c3C(=O)Nc3ccc(F)c(Cl)c3)CC2C1. The summed E-state index contributed by atoms with van der Waals surface area (Å²) >= 11 is 5.75. The van der Waals surface area contributed by atoms with Crippen LogP contribution in [0.5, 0.6) is 0 Å². The first-order valence-corrected chi connectivity index (χ1v) is 12.9. The van der Waals surface area contributed by atoms with Crippen molar-refractivity contribution in [3.05, 3.63) is 52.6 Å². The number of carbonyl (C=O) groups excluding carboxylic acids is 1. The van der Waals surface area contributed by atoms with E-state index in [2.05, 4.69) is 5.32 Å². The molecule has 2 aromatic rings. The minimum atomic E-state index is -3.34. The summed E-state index contributed by atoms with van der Waals surface area (Å²) in [5.74, 6) is -1.82. The first-order chi connectivity index (χ1) is 15.3. The molecular formula is C22H24ClF3N2O4S. The average molecular weight is 505 g/mol. The van der Waals surface area contributed by atoms with Gasteiger partial charge in [0.05, 0.1) is 16.4 Å². The van der Waals surface area contributed by atoms with Crippen LogP contribution in [-0.4, -0.2) is 41.6 Å². The maximum absolute atomic E-state index is 13.7. The Bertz CT molecular complexity index is 1170. The van der Waals surface area contributed by atoms with Crippen LogP contribution >= 0.6 is 11.6 Å². The fourth-order valence-electron chi connectivity index (χ4n) is 5.60. The quantitative estimate of drug-likeness (QED) is 0.601. The molecule has 0 saturated heterocycles. The summed E-state index contributed by atoms with van der Waals surface area (Å²) < 4.78 is 64.7. The van der Waals surface area contributed by atoms with Gasteiger partial charge < -0.3 is 10.4 Å². The number of fused-ring (bicyclic) bond motifs is 1. The Kier molecular flexibility index (Phi) is 6.30. The molecule has 33 heavy (non-hydrogen) atoms. The van der Waals surface area contributed by atoms with E-state index in [1.54, 1.807) is 0 Å². The molecule has 2 fully saturated rings. The number of alkyl halides is 2. The Labute approximate surface area is 194 Å². The summed E-state index contributed by atoms with van der Waals surface area (Å²) in [6.45, 7) is -2.93. The molecule has 2 saturated carbocycles. The highest BCUT2D eigenvalue weighted by atomic mass is 35.5. The van der Waals surface area contributed by atoms with E-state index in [4.69, 9.17) is 11.6 Å². The molecule has 0 spiro atoms. The van der Waals surface area contributed by atoms with E-state index in [-0.39, 0.29) is 39.9 Å². The molecule has 1 amide bonds. The van der Waals surface area contributed by atoms with Gasteiger partial charge in [-0.1, -0.05) is 11.6 Å². The topological polar surface area (TPSA) is 88.4 Å². The second kappa shape index (κ2) is 8.63. The number of anilines is 1. The number of aromatic nitrogens is 1. The van der Waals surface area contributed by atoms with Crippen molar-refractivity contribution in [1.82, 2.24) is 4.57 Å². The van der Waals surface area contributed by atoms with Crippen molar-refractivity contribution in [1.29, 1.82) is 0 Å². The monoisotopic (exact) mass is 504 g/mol. The van der Waals surface area contributed by atoms with E-state index in [1.165, 1.54) is 24.4 Å². The molecule has 1 aromatic carbocycles. The van der Waals surface area contributed by atoms with Crippen molar-refractivity contribution in [2.45, 2.75) is 43.8 Å². The number of aliphatic hydroxyl groups is 1. The number of nitrogens with one attached hydrogen (secondary N) is 1. The van der Waals surface area contributed by atoms with E-state index in [1.807, 2.05) is 0 Å². The van der Waals surface area contributed by atoms with Crippen molar-refractivity contribution in [3.63, 3.8) is 0 Å². The van der Waals surface area contributed by atoms with E-state index in [0.29, 0.717) is 35.8 Å². The Morgan fingerprint density at radius 2 is 1.91 bits per heavy atom. The highest BCUT2D eigenvalue weighted by molar-refractivity contribution is 7.90. The number of benzene rings is 1. The lowest BCUT2D eigenvalue weighted by Crippen LogP contribution is -2.34. The van der Waals surface area contributed by atoms with E-state index in [0.717, 1.165) is 12.3 Å². The maximum Gasteiger partial charge on any atom is 0.319 e. The van der Waals surface area contributed by atoms with E-state index in [9.17, 15) is 31.5 Å². The van der Waals surface area contributed by atoms with Gasteiger partial charge in [0, 0.05) is 18.1 Å². The highest BCUT2D eigenvalue weighted by Crippen LogP contribution is 2.54. The molecule has 1 aromatic heterocycles.